The van der Waals surface area contributed by atoms with Crippen LogP contribution in [-0.2, 0) is 11.3 Å². The molecule has 5 rings (SSSR count). The van der Waals surface area contributed by atoms with Crippen molar-refractivity contribution in [1.82, 2.24) is 9.80 Å². The van der Waals surface area contributed by atoms with Crippen molar-refractivity contribution in [1.29, 1.82) is 5.26 Å². The Morgan fingerprint density at radius 1 is 1.20 bits per heavy atom. The van der Waals surface area contributed by atoms with E-state index in [0.29, 0.717) is 26.1 Å². The zero-order chi connectivity index (χ0) is 21.3. The van der Waals surface area contributed by atoms with Gasteiger partial charge in [-0.2, -0.15) is 5.26 Å². The molecule has 0 aromatic heterocycles. The summed E-state index contributed by atoms with van der Waals surface area (Å²) >= 11 is 0. The van der Waals surface area contributed by atoms with E-state index in [9.17, 15) is 10.1 Å². The Morgan fingerprint density at radius 3 is 2.40 bits per heavy atom. The zero-order valence-corrected chi connectivity index (χ0v) is 18.7. The van der Waals surface area contributed by atoms with Gasteiger partial charge in [-0.05, 0) is 76.3 Å². The highest BCUT2D eigenvalue weighted by Gasteiger charge is 2.54. The number of rotatable bonds is 8. The van der Waals surface area contributed by atoms with E-state index < -0.39 is 0 Å². The average Bonchev–Trinajstić information content (AvgIpc) is 2.67. The smallest absolute Gasteiger partial charge is 0.237 e. The molecule has 162 valence electrons. The molecule has 4 saturated carbocycles. The molecular formula is C25H35N3O2. The lowest BCUT2D eigenvalue weighted by molar-refractivity contribution is -0.151. The zero-order valence-electron chi connectivity index (χ0n) is 18.7. The molecule has 4 bridgehead atoms. The van der Waals surface area contributed by atoms with Gasteiger partial charge < -0.3 is 9.64 Å². The number of hydrogen-bond donors (Lipinski definition) is 0. The van der Waals surface area contributed by atoms with Crippen LogP contribution in [0.5, 0.6) is 5.75 Å². The van der Waals surface area contributed by atoms with Crippen molar-refractivity contribution in [2.75, 3.05) is 27.2 Å². The largest absolute Gasteiger partial charge is 0.496 e. The van der Waals surface area contributed by atoms with E-state index in [2.05, 4.69) is 28.9 Å². The lowest BCUT2D eigenvalue weighted by atomic mass is 9.52. The number of nitriles is 1. The van der Waals surface area contributed by atoms with E-state index in [1.54, 1.807) is 7.11 Å². The summed E-state index contributed by atoms with van der Waals surface area (Å²) in [5.41, 5.74) is 2.30. The molecule has 4 fully saturated rings. The predicted molar refractivity (Wildman–Crippen MR) is 117 cm³/mol. The van der Waals surface area contributed by atoms with Crippen LogP contribution in [0.1, 0.15) is 56.1 Å². The third kappa shape index (κ3) is 4.21. The van der Waals surface area contributed by atoms with Crippen LogP contribution < -0.4 is 4.74 Å². The molecule has 4 aliphatic rings. The van der Waals surface area contributed by atoms with Crippen molar-refractivity contribution in [3.63, 3.8) is 0 Å². The van der Waals surface area contributed by atoms with Crippen molar-refractivity contribution in [2.45, 2.75) is 64.0 Å². The molecule has 4 aliphatic carbocycles. The highest BCUT2D eigenvalue weighted by molar-refractivity contribution is 5.79. The van der Waals surface area contributed by atoms with Crippen LogP contribution >= 0.6 is 0 Å². The van der Waals surface area contributed by atoms with Crippen molar-refractivity contribution in [3.8, 4) is 11.8 Å². The van der Waals surface area contributed by atoms with E-state index in [4.69, 9.17) is 4.74 Å². The van der Waals surface area contributed by atoms with Gasteiger partial charge in [-0.1, -0.05) is 17.7 Å². The molecule has 0 heterocycles. The molecule has 0 N–H and O–H groups in total. The minimum Gasteiger partial charge on any atom is -0.496 e. The summed E-state index contributed by atoms with van der Waals surface area (Å²) in [4.78, 5) is 17.7. The van der Waals surface area contributed by atoms with Crippen LogP contribution in [0, 0.1) is 36.0 Å². The fraction of sp³-hybridized carbons (Fsp3) is 0.680. The Labute approximate surface area is 181 Å². The number of amides is 1. The number of ether oxygens (including phenoxy) is 1. The minimum atomic E-state index is 0.00451. The standard InChI is InChI=1S/C25H35N3O2/c1-18-5-6-23(30-3)22(9-18)16-27(2)17-24(29)28(8-4-7-26)25-13-19-10-20(14-25)12-21(11-19)15-25/h5-6,9,19-21H,4,8,10-17H2,1-3H3. The van der Waals surface area contributed by atoms with E-state index in [0.717, 1.165) is 48.3 Å². The number of carbonyl (C=O) groups is 1. The van der Waals surface area contributed by atoms with Gasteiger partial charge in [0.1, 0.15) is 5.75 Å². The number of benzene rings is 1. The number of hydrogen-bond acceptors (Lipinski definition) is 4. The second-order valence-corrected chi connectivity index (χ2v) is 10.1. The first-order chi connectivity index (χ1) is 14.4. The highest BCUT2D eigenvalue weighted by Crippen LogP contribution is 2.57. The second-order valence-electron chi connectivity index (χ2n) is 10.1. The first-order valence-electron chi connectivity index (χ1n) is 11.4. The monoisotopic (exact) mass is 409 g/mol. The second kappa shape index (κ2) is 8.59. The number of carbonyl (C=O) groups excluding carboxylic acids is 1. The fourth-order valence-electron chi connectivity index (χ4n) is 6.88. The molecule has 0 atom stereocenters. The van der Waals surface area contributed by atoms with Gasteiger partial charge in [-0.25, -0.2) is 0 Å². The average molecular weight is 410 g/mol. The van der Waals surface area contributed by atoms with E-state index in [1.807, 2.05) is 19.2 Å². The maximum Gasteiger partial charge on any atom is 0.237 e. The summed E-state index contributed by atoms with van der Waals surface area (Å²) in [6.07, 6.45) is 7.91. The number of aryl methyl sites for hydroxylation is 1. The topological polar surface area (TPSA) is 56.6 Å². The van der Waals surface area contributed by atoms with E-state index in [1.165, 1.54) is 24.8 Å². The maximum absolute atomic E-state index is 13.5. The minimum absolute atomic E-state index is 0.00451. The third-order valence-electron chi connectivity index (χ3n) is 7.61. The van der Waals surface area contributed by atoms with Crippen molar-refractivity contribution >= 4 is 5.91 Å². The number of nitrogens with zero attached hydrogens (tertiary/aromatic N) is 3. The molecule has 0 unspecified atom stereocenters. The molecule has 30 heavy (non-hydrogen) atoms. The maximum atomic E-state index is 13.5. The number of methoxy groups -OCH3 is 1. The highest BCUT2D eigenvalue weighted by atomic mass is 16.5. The van der Waals surface area contributed by atoms with Gasteiger partial charge in [-0.3, -0.25) is 9.69 Å². The molecule has 1 aromatic rings. The van der Waals surface area contributed by atoms with Crippen LogP contribution in [0.15, 0.2) is 18.2 Å². The Kier molecular flexibility index (Phi) is 6.06. The summed E-state index contributed by atoms with van der Waals surface area (Å²) in [6.45, 7) is 3.70. The van der Waals surface area contributed by atoms with Gasteiger partial charge in [0, 0.05) is 24.2 Å². The summed E-state index contributed by atoms with van der Waals surface area (Å²) in [5, 5.41) is 9.23. The lowest BCUT2D eigenvalue weighted by Crippen LogP contribution is -2.62. The molecule has 5 heteroatoms. The van der Waals surface area contributed by atoms with Crippen molar-refractivity contribution in [3.05, 3.63) is 29.3 Å². The predicted octanol–water partition coefficient (Wildman–Crippen LogP) is 4.15. The Hall–Kier alpha value is -2.06. The summed E-state index contributed by atoms with van der Waals surface area (Å²) < 4.78 is 5.51. The van der Waals surface area contributed by atoms with Gasteiger partial charge in [0.25, 0.3) is 0 Å². The first kappa shape index (κ1) is 21.2. The Bertz CT molecular complexity index is 793. The van der Waals surface area contributed by atoms with E-state index in [-0.39, 0.29) is 11.4 Å². The van der Waals surface area contributed by atoms with Crippen LogP contribution in [0.4, 0.5) is 0 Å². The summed E-state index contributed by atoms with van der Waals surface area (Å²) in [7, 11) is 3.69. The van der Waals surface area contributed by atoms with Gasteiger partial charge in [0.15, 0.2) is 0 Å². The molecular weight excluding hydrogens is 374 g/mol. The van der Waals surface area contributed by atoms with Crippen LogP contribution in [0.25, 0.3) is 0 Å². The van der Waals surface area contributed by atoms with Crippen LogP contribution in [0.3, 0.4) is 0 Å². The quantitative estimate of drug-likeness (QED) is 0.647. The molecule has 0 saturated heterocycles. The third-order valence-corrected chi connectivity index (χ3v) is 7.61. The molecule has 0 aliphatic heterocycles. The summed E-state index contributed by atoms with van der Waals surface area (Å²) in [6, 6.07) is 8.45. The number of likely N-dealkylation sites (N-methyl/N-ethyl adjacent to an activating group) is 1. The van der Waals surface area contributed by atoms with E-state index >= 15 is 0 Å². The molecule has 5 nitrogen and oxygen atoms in total. The Morgan fingerprint density at radius 2 is 1.83 bits per heavy atom. The molecule has 0 radical (unpaired) electrons. The lowest BCUT2D eigenvalue weighted by Gasteiger charge is -2.60. The van der Waals surface area contributed by atoms with Gasteiger partial charge in [-0.15, -0.1) is 0 Å². The molecule has 1 aromatic carbocycles. The van der Waals surface area contributed by atoms with Crippen LogP contribution in [0.2, 0.25) is 0 Å². The van der Waals surface area contributed by atoms with Crippen molar-refractivity contribution in [2.24, 2.45) is 17.8 Å². The summed E-state index contributed by atoms with van der Waals surface area (Å²) in [5.74, 6) is 3.39. The molecule has 0 spiro atoms. The normalized spacial score (nSPS) is 29.1. The molecule has 1 amide bonds. The fourth-order valence-corrected chi connectivity index (χ4v) is 6.88. The van der Waals surface area contributed by atoms with Gasteiger partial charge in [0.2, 0.25) is 5.91 Å². The van der Waals surface area contributed by atoms with Crippen LogP contribution in [-0.4, -0.2) is 48.5 Å². The SMILES string of the molecule is COc1ccc(C)cc1CN(C)CC(=O)N(CCC#N)C12CC3CC(CC(C3)C1)C2. The first-order valence-corrected chi connectivity index (χ1v) is 11.4. The van der Waals surface area contributed by atoms with Gasteiger partial charge in [0.05, 0.1) is 26.1 Å². The van der Waals surface area contributed by atoms with Gasteiger partial charge >= 0.3 is 0 Å². The van der Waals surface area contributed by atoms with Crippen molar-refractivity contribution < 1.29 is 9.53 Å². The Balaban J connectivity index is 1.48.